The summed E-state index contributed by atoms with van der Waals surface area (Å²) in [7, 11) is 4.31. The quantitative estimate of drug-likeness (QED) is 0.922. The first kappa shape index (κ1) is 14.3. The van der Waals surface area contributed by atoms with Gasteiger partial charge in [-0.25, -0.2) is 0 Å². The largest absolute Gasteiger partial charge is 0.329 e. The lowest BCUT2D eigenvalue weighted by Gasteiger charge is -2.27. The molecule has 3 unspecified atom stereocenters. The number of likely N-dealkylation sites (N-methyl/N-ethyl adjacent to an activating group) is 1. The van der Waals surface area contributed by atoms with E-state index in [1.54, 1.807) is 11.3 Å². The Kier molecular flexibility index (Phi) is 4.67. The Bertz CT molecular complexity index is 393. The zero-order chi connectivity index (χ0) is 13.3. The molecule has 0 radical (unpaired) electrons. The predicted molar refractivity (Wildman–Crippen MR) is 79.3 cm³/mol. The van der Waals surface area contributed by atoms with Crippen molar-refractivity contribution in [1.82, 2.24) is 9.80 Å². The van der Waals surface area contributed by atoms with Crippen molar-refractivity contribution >= 4 is 22.9 Å². The summed E-state index contributed by atoms with van der Waals surface area (Å²) < 4.78 is 0. The topological polar surface area (TPSA) is 32.5 Å². The third-order valence-corrected chi connectivity index (χ3v) is 5.23. The molecule has 1 aromatic heterocycles. The molecule has 2 rings (SSSR count). The minimum atomic E-state index is 0.315. The molecule has 3 atom stereocenters. The summed E-state index contributed by atoms with van der Waals surface area (Å²) in [6.07, 6.45) is 0. The molecule has 0 aliphatic carbocycles. The Labute approximate surface area is 119 Å². The van der Waals surface area contributed by atoms with Crippen molar-refractivity contribution in [3.63, 3.8) is 0 Å². The number of hydrogen-bond donors (Lipinski definition) is 1. The third-order valence-electron chi connectivity index (χ3n) is 3.84. The summed E-state index contributed by atoms with van der Waals surface area (Å²) in [6.45, 7) is 5.18. The molecule has 102 valence electrons. The Balaban J connectivity index is 2.11. The number of nitrogens with zero attached hydrogens (tertiary/aromatic N) is 2. The van der Waals surface area contributed by atoms with Gasteiger partial charge >= 0.3 is 0 Å². The summed E-state index contributed by atoms with van der Waals surface area (Å²) in [4.78, 5) is 6.10. The van der Waals surface area contributed by atoms with E-state index in [4.69, 9.17) is 17.3 Å². The maximum atomic E-state index is 6.02. The van der Waals surface area contributed by atoms with Crippen LogP contribution in [0, 0.1) is 5.92 Å². The van der Waals surface area contributed by atoms with Crippen LogP contribution >= 0.6 is 22.9 Å². The highest BCUT2D eigenvalue weighted by Gasteiger charge is 2.35. The first-order valence-corrected chi connectivity index (χ1v) is 7.63. The van der Waals surface area contributed by atoms with Crippen molar-refractivity contribution in [2.24, 2.45) is 11.7 Å². The van der Waals surface area contributed by atoms with Gasteiger partial charge in [0.05, 0.1) is 11.1 Å². The van der Waals surface area contributed by atoms with Crippen LogP contribution in [0.15, 0.2) is 11.4 Å². The second-order valence-electron chi connectivity index (χ2n) is 5.38. The van der Waals surface area contributed by atoms with Crippen LogP contribution in [0.4, 0.5) is 0 Å². The van der Waals surface area contributed by atoms with E-state index in [2.05, 4.69) is 36.9 Å². The van der Waals surface area contributed by atoms with Gasteiger partial charge in [-0.15, -0.1) is 11.3 Å². The fourth-order valence-electron chi connectivity index (χ4n) is 2.86. The van der Waals surface area contributed by atoms with Gasteiger partial charge in [0.2, 0.25) is 0 Å². The molecular formula is C13H22ClN3S. The number of likely N-dealkylation sites (tertiary alicyclic amines) is 1. The molecule has 1 aromatic rings. The van der Waals surface area contributed by atoms with Gasteiger partial charge in [-0.1, -0.05) is 18.5 Å². The minimum absolute atomic E-state index is 0.315. The van der Waals surface area contributed by atoms with E-state index in [0.29, 0.717) is 24.5 Å². The van der Waals surface area contributed by atoms with Gasteiger partial charge in [-0.2, -0.15) is 0 Å². The second kappa shape index (κ2) is 5.88. The first-order valence-electron chi connectivity index (χ1n) is 6.37. The van der Waals surface area contributed by atoms with Crippen LogP contribution in [0.2, 0.25) is 5.02 Å². The fourth-order valence-corrected chi connectivity index (χ4v) is 4.09. The SMILES string of the molecule is CC1CN(C(CN)c2cc(Cl)cs2)CC1N(C)C. The summed E-state index contributed by atoms with van der Waals surface area (Å²) in [5.74, 6) is 0.685. The van der Waals surface area contributed by atoms with Crippen LogP contribution in [0.25, 0.3) is 0 Å². The van der Waals surface area contributed by atoms with Crippen molar-refractivity contribution in [3.8, 4) is 0 Å². The zero-order valence-corrected chi connectivity index (χ0v) is 12.8. The van der Waals surface area contributed by atoms with E-state index in [1.165, 1.54) is 4.88 Å². The molecule has 0 saturated carbocycles. The average molecular weight is 288 g/mol. The van der Waals surface area contributed by atoms with E-state index < -0.39 is 0 Å². The van der Waals surface area contributed by atoms with Crippen molar-refractivity contribution < 1.29 is 0 Å². The van der Waals surface area contributed by atoms with Gasteiger partial charge in [0.1, 0.15) is 0 Å². The Morgan fingerprint density at radius 2 is 2.28 bits per heavy atom. The van der Waals surface area contributed by atoms with E-state index in [1.807, 2.05) is 5.38 Å². The van der Waals surface area contributed by atoms with Crippen LogP contribution in [0.1, 0.15) is 17.8 Å². The molecular weight excluding hydrogens is 266 g/mol. The molecule has 3 nitrogen and oxygen atoms in total. The zero-order valence-electron chi connectivity index (χ0n) is 11.3. The molecule has 0 spiro atoms. The normalized spacial score (nSPS) is 27.0. The molecule has 0 aromatic carbocycles. The highest BCUT2D eigenvalue weighted by molar-refractivity contribution is 7.10. The standard InChI is InChI=1S/C13H22ClN3S/c1-9-6-17(7-12(9)16(2)3)11(5-15)13-4-10(14)8-18-13/h4,8-9,11-12H,5-7,15H2,1-3H3. The summed E-state index contributed by atoms with van der Waals surface area (Å²) in [5, 5.41) is 2.81. The van der Waals surface area contributed by atoms with Gasteiger partial charge < -0.3 is 10.6 Å². The molecule has 1 aliphatic rings. The van der Waals surface area contributed by atoms with Gasteiger partial charge in [0.15, 0.2) is 0 Å². The van der Waals surface area contributed by atoms with Crippen molar-refractivity contribution in [2.75, 3.05) is 33.7 Å². The number of nitrogens with two attached hydrogens (primary N) is 1. The number of halogens is 1. The smallest absolute Gasteiger partial charge is 0.0565 e. The summed E-state index contributed by atoms with van der Waals surface area (Å²) >= 11 is 7.73. The van der Waals surface area contributed by atoms with Gasteiger partial charge in [-0.3, -0.25) is 4.90 Å². The van der Waals surface area contributed by atoms with Crippen LogP contribution in [0.5, 0.6) is 0 Å². The maximum Gasteiger partial charge on any atom is 0.0565 e. The molecule has 2 N–H and O–H groups in total. The van der Waals surface area contributed by atoms with Crippen LogP contribution < -0.4 is 5.73 Å². The fraction of sp³-hybridized carbons (Fsp3) is 0.692. The Hall–Kier alpha value is -0.130. The molecule has 0 amide bonds. The van der Waals surface area contributed by atoms with E-state index in [0.717, 1.165) is 18.1 Å². The summed E-state index contributed by atoms with van der Waals surface area (Å²) in [5.41, 5.74) is 5.97. The van der Waals surface area contributed by atoms with E-state index in [-0.39, 0.29) is 0 Å². The van der Waals surface area contributed by atoms with Gasteiger partial charge in [-0.05, 0) is 26.1 Å². The molecule has 1 saturated heterocycles. The molecule has 18 heavy (non-hydrogen) atoms. The van der Waals surface area contributed by atoms with E-state index >= 15 is 0 Å². The van der Waals surface area contributed by atoms with Crippen molar-refractivity contribution in [2.45, 2.75) is 19.0 Å². The third kappa shape index (κ3) is 2.89. The highest BCUT2D eigenvalue weighted by Crippen LogP contribution is 2.33. The van der Waals surface area contributed by atoms with Crippen LogP contribution in [0.3, 0.4) is 0 Å². The molecule has 2 heterocycles. The lowest BCUT2D eigenvalue weighted by Crippen LogP contribution is -2.36. The Morgan fingerprint density at radius 1 is 1.56 bits per heavy atom. The van der Waals surface area contributed by atoms with E-state index in [9.17, 15) is 0 Å². The molecule has 5 heteroatoms. The van der Waals surface area contributed by atoms with Gasteiger partial charge in [0.25, 0.3) is 0 Å². The van der Waals surface area contributed by atoms with Crippen molar-refractivity contribution in [1.29, 1.82) is 0 Å². The molecule has 0 bridgehead atoms. The Morgan fingerprint density at radius 3 is 2.72 bits per heavy atom. The first-order chi connectivity index (χ1) is 8.52. The monoisotopic (exact) mass is 287 g/mol. The maximum absolute atomic E-state index is 6.02. The summed E-state index contributed by atoms with van der Waals surface area (Å²) in [6, 6.07) is 2.99. The van der Waals surface area contributed by atoms with Gasteiger partial charge in [0, 0.05) is 35.9 Å². The predicted octanol–water partition coefficient (Wildman–Crippen LogP) is 2.28. The highest BCUT2D eigenvalue weighted by atomic mass is 35.5. The lowest BCUT2D eigenvalue weighted by molar-refractivity contribution is 0.221. The molecule has 1 fully saturated rings. The lowest BCUT2D eigenvalue weighted by atomic mass is 10.1. The van der Waals surface area contributed by atoms with Crippen LogP contribution in [-0.4, -0.2) is 49.6 Å². The number of hydrogen-bond acceptors (Lipinski definition) is 4. The number of rotatable bonds is 4. The second-order valence-corrected chi connectivity index (χ2v) is 6.76. The number of thiophene rings is 1. The minimum Gasteiger partial charge on any atom is -0.329 e. The van der Waals surface area contributed by atoms with Crippen molar-refractivity contribution in [3.05, 3.63) is 21.3 Å². The van der Waals surface area contributed by atoms with Crippen LogP contribution in [-0.2, 0) is 0 Å². The molecule has 1 aliphatic heterocycles. The average Bonchev–Trinajstić information content (AvgIpc) is 2.87.